The van der Waals surface area contributed by atoms with Gasteiger partial charge in [0.1, 0.15) is 5.82 Å². The number of aromatic nitrogens is 5. The van der Waals surface area contributed by atoms with E-state index in [1.807, 2.05) is 24.3 Å². The van der Waals surface area contributed by atoms with Crippen molar-refractivity contribution in [1.82, 2.24) is 34.7 Å². The highest BCUT2D eigenvalue weighted by Gasteiger charge is 2.23. The average Bonchev–Trinajstić information content (AvgIpc) is 3.37. The van der Waals surface area contributed by atoms with Crippen molar-refractivity contribution < 1.29 is 14.3 Å². The van der Waals surface area contributed by atoms with Gasteiger partial charge in [0, 0.05) is 57.1 Å². The van der Waals surface area contributed by atoms with E-state index >= 15 is 0 Å². The summed E-state index contributed by atoms with van der Waals surface area (Å²) < 4.78 is 13.0. The molecule has 1 N–H and O–H groups in total. The zero-order chi connectivity index (χ0) is 28.8. The molecule has 41 heavy (non-hydrogen) atoms. The molecule has 11 heteroatoms. The molecule has 3 aromatic heterocycles. The van der Waals surface area contributed by atoms with Crippen LogP contribution in [0, 0.1) is 0 Å². The quantitative estimate of drug-likeness (QED) is 0.295. The molecule has 1 aromatic carbocycles. The molecule has 0 aliphatic carbocycles. The van der Waals surface area contributed by atoms with Crippen molar-refractivity contribution in [3.8, 4) is 17.3 Å². The lowest BCUT2D eigenvalue weighted by Crippen LogP contribution is -2.37. The number of rotatable bonds is 10. The minimum absolute atomic E-state index is 0.123. The summed E-state index contributed by atoms with van der Waals surface area (Å²) in [5, 5.41) is 2.59. The summed E-state index contributed by atoms with van der Waals surface area (Å²) in [6.45, 7) is 7.02. The highest BCUT2D eigenvalue weighted by Crippen LogP contribution is 2.29. The number of methoxy groups -OCH3 is 1. The summed E-state index contributed by atoms with van der Waals surface area (Å²) in [5.74, 6) is 2.78. The number of ether oxygens (including phenoxy) is 2. The van der Waals surface area contributed by atoms with Crippen molar-refractivity contribution in [3.05, 3.63) is 65.6 Å². The standard InChI is InChI=1S/C30H36N8O3/c1-5-38-24(20-36(3)19-22-8-6-21(7-9-22)10-12-25(39)31-2)33-27-29(37-14-16-41-17-15-37)34-28(35-30(27)38)23-11-13-26(40-4)32-18-23/h6-13,18H,5,14-17,19-20H2,1-4H3,(H,31,39)/b12-10+. The zero-order valence-corrected chi connectivity index (χ0v) is 24.0. The Morgan fingerprint density at radius 2 is 1.88 bits per heavy atom. The molecule has 0 unspecified atom stereocenters. The van der Waals surface area contributed by atoms with E-state index in [0.29, 0.717) is 31.5 Å². The number of imidazole rings is 1. The molecule has 0 spiro atoms. The van der Waals surface area contributed by atoms with Crippen molar-refractivity contribution in [3.63, 3.8) is 0 Å². The van der Waals surface area contributed by atoms with E-state index < -0.39 is 0 Å². The van der Waals surface area contributed by atoms with Gasteiger partial charge >= 0.3 is 0 Å². The molecule has 0 saturated carbocycles. The highest BCUT2D eigenvalue weighted by atomic mass is 16.5. The summed E-state index contributed by atoms with van der Waals surface area (Å²) in [6, 6.07) is 11.9. The fourth-order valence-electron chi connectivity index (χ4n) is 4.84. The fourth-order valence-corrected chi connectivity index (χ4v) is 4.84. The van der Waals surface area contributed by atoms with Gasteiger partial charge in [0.05, 0.1) is 26.9 Å². The van der Waals surface area contributed by atoms with Crippen LogP contribution in [0.25, 0.3) is 28.6 Å². The highest BCUT2D eigenvalue weighted by molar-refractivity contribution is 5.91. The molecule has 11 nitrogen and oxygen atoms in total. The predicted octanol–water partition coefficient (Wildman–Crippen LogP) is 3.14. The van der Waals surface area contributed by atoms with Crippen LogP contribution in [0.15, 0.2) is 48.7 Å². The molecule has 214 valence electrons. The van der Waals surface area contributed by atoms with Gasteiger partial charge in [0.2, 0.25) is 11.8 Å². The molecule has 0 atom stereocenters. The zero-order valence-electron chi connectivity index (χ0n) is 24.0. The van der Waals surface area contributed by atoms with Crippen LogP contribution in [0.5, 0.6) is 5.88 Å². The third-order valence-electron chi connectivity index (χ3n) is 7.00. The largest absolute Gasteiger partial charge is 0.481 e. The first-order valence-electron chi connectivity index (χ1n) is 13.8. The van der Waals surface area contributed by atoms with Crippen molar-refractivity contribution in [2.45, 2.75) is 26.6 Å². The van der Waals surface area contributed by atoms with Gasteiger partial charge in [0.25, 0.3) is 0 Å². The van der Waals surface area contributed by atoms with Crippen LogP contribution < -0.4 is 15.0 Å². The van der Waals surface area contributed by atoms with E-state index in [9.17, 15) is 4.79 Å². The lowest BCUT2D eigenvalue weighted by atomic mass is 10.1. The van der Waals surface area contributed by atoms with Gasteiger partial charge in [-0.1, -0.05) is 24.3 Å². The third-order valence-corrected chi connectivity index (χ3v) is 7.00. The summed E-state index contributed by atoms with van der Waals surface area (Å²) in [6.07, 6.45) is 5.07. The number of aryl methyl sites for hydroxylation is 1. The number of likely N-dealkylation sites (N-methyl/N-ethyl adjacent to an activating group) is 1. The van der Waals surface area contributed by atoms with Crippen molar-refractivity contribution in [2.24, 2.45) is 0 Å². The van der Waals surface area contributed by atoms with Crippen LogP contribution >= 0.6 is 0 Å². The minimum Gasteiger partial charge on any atom is -0.481 e. The van der Waals surface area contributed by atoms with E-state index in [1.54, 1.807) is 26.4 Å². The number of carbonyl (C=O) groups excluding carboxylic acids is 1. The second-order valence-electron chi connectivity index (χ2n) is 9.87. The number of nitrogens with zero attached hydrogens (tertiary/aromatic N) is 7. The molecule has 1 saturated heterocycles. The second kappa shape index (κ2) is 12.9. The Morgan fingerprint density at radius 3 is 2.54 bits per heavy atom. The van der Waals surface area contributed by atoms with Crippen LogP contribution in [-0.4, -0.2) is 82.8 Å². The van der Waals surface area contributed by atoms with Gasteiger partial charge in [-0.25, -0.2) is 19.9 Å². The van der Waals surface area contributed by atoms with Crippen LogP contribution in [0.3, 0.4) is 0 Å². The van der Waals surface area contributed by atoms with Gasteiger partial charge in [-0.2, -0.15) is 0 Å². The van der Waals surface area contributed by atoms with E-state index in [-0.39, 0.29) is 5.91 Å². The second-order valence-corrected chi connectivity index (χ2v) is 9.87. The number of morpholine rings is 1. The maximum absolute atomic E-state index is 11.5. The molecule has 1 amide bonds. The van der Waals surface area contributed by atoms with Crippen molar-refractivity contribution in [2.75, 3.05) is 52.4 Å². The monoisotopic (exact) mass is 556 g/mol. The van der Waals surface area contributed by atoms with Crippen molar-refractivity contribution >= 4 is 29.0 Å². The Morgan fingerprint density at radius 1 is 1.10 bits per heavy atom. The summed E-state index contributed by atoms with van der Waals surface area (Å²) in [7, 11) is 5.30. The lowest BCUT2D eigenvalue weighted by Gasteiger charge is -2.28. The number of benzene rings is 1. The Labute approximate surface area is 239 Å². The van der Waals surface area contributed by atoms with Crippen LogP contribution in [0.2, 0.25) is 0 Å². The summed E-state index contributed by atoms with van der Waals surface area (Å²) in [5.41, 5.74) is 4.58. The molecule has 0 radical (unpaired) electrons. The number of fused-ring (bicyclic) bond motifs is 1. The first-order valence-corrected chi connectivity index (χ1v) is 13.8. The molecular formula is C30H36N8O3. The Kier molecular flexibility index (Phi) is 8.85. The maximum Gasteiger partial charge on any atom is 0.243 e. The molecule has 0 bridgehead atoms. The van der Waals surface area contributed by atoms with Gasteiger partial charge in [-0.3, -0.25) is 9.69 Å². The van der Waals surface area contributed by atoms with Crippen LogP contribution in [0.1, 0.15) is 23.9 Å². The van der Waals surface area contributed by atoms with Crippen LogP contribution in [-0.2, 0) is 29.2 Å². The Balaban J connectivity index is 1.43. The smallest absolute Gasteiger partial charge is 0.243 e. The van der Waals surface area contributed by atoms with E-state index in [4.69, 9.17) is 24.4 Å². The third kappa shape index (κ3) is 6.53. The van der Waals surface area contributed by atoms with Crippen LogP contribution in [0.4, 0.5) is 5.82 Å². The topological polar surface area (TPSA) is 111 Å². The van der Waals surface area contributed by atoms with Gasteiger partial charge in [0.15, 0.2) is 22.8 Å². The summed E-state index contributed by atoms with van der Waals surface area (Å²) in [4.78, 5) is 35.4. The minimum atomic E-state index is -0.123. The maximum atomic E-state index is 11.5. The summed E-state index contributed by atoms with van der Waals surface area (Å²) >= 11 is 0. The van der Waals surface area contributed by atoms with Gasteiger partial charge < -0.3 is 24.3 Å². The molecule has 1 aliphatic heterocycles. The first kappa shape index (κ1) is 28.2. The van der Waals surface area contributed by atoms with Gasteiger partial charge in [-0.15, -0.1) is 0 Å². The van der Waals surface area contributed by atoms with Crippen molar-refractivity contribution in [1.29, 1.82) is 0 Å². The molecule has 5 rings (SSSR count). The Hall–Kier alpha value is -4.35. The number of amides is 1. The van der Waals surface area contributed by atoms with E-state index in [1.165, 1.54) is 11.6 Å². The normalized spacial score (nSPS) is 13.8. The number of nitrogens with one attached hydrogen (secondary N) is 1. The molecule has 4 aromatic rings. The lowest BCUT2D eigenvalue weighted by molar-refractivity contribution is -0.115. The molecule has 1 aliphatic rings. The number of hydrogen-bond donors (Lipinski definition) is 1. The number of pyridine rings is 1. The van der Waals surface area contributed by atoms with E-state index in [0.717, 1.165) is 60.1 Å². The average molecular weight is 557 g/mol. The molecular weight excluding hydrogens is 520 g/mol. The van der Waals surface area contributed by atoms with E-state index in [2.05, 4.69) is 50.8 Å². The Bertz CT molecular complexity index is 1510. The first-order chi connectivity index (χ1) is 20.0. The SMILES string of the molecule is CCn1c(CN(C)Cc2ccc(/C=C/C(=O)NC)cc2)nc2c(N3CCOCC3)nc(-c3ccc(OC)nc3)nc21. The molecule has 1 fully saturated rings. The predicted molar refractivity (Wildman–Crippen MR) is 159 cm³/mol. The fraction of sp³-hybridized carbons (Fsp3) is 0.367. The van der Waals surface area contributed by atoms with Gasteiger partial charge in [-0.05, 0) is 37.2 Å². The number of hydrogen-bond acceptors (Lipinski definition) is 9. The number of anilines is 1. The molecule has 4 heterocycles. The number of carbonyl (C=O) groups is 1.